The van der Waals surface area contributed by atoms with E-state index in [9.17, 15) is 0 Å². The second-order valence-electron chi connectivity index (χ2n) is 2.56. The molecule has 1 aliphatic carbocycles. The summed E-state index contributed by atoms with van der Waals surface area (Å²) in [5.74, 6) is 0. The summed E-state index contributed by atoms with van der Waals surface area (Å²) < 4.78 is 0. The first-order chi connectivity index (χ1) is 4.93. The van der Waals surface area contributed by atoms with E-state index in [-0.39, 0.29) is 0 Å². The molecule has 0 amide bonds. The lowest BCUT2D eigenvalue weighted by Crippen LogP contribution is -1.78. The third-order valence-corrected chi connectivity index (χ3v) is 2.26. The molecule has 0 saturated heterocycles. The summed E-state index contributed by atoms with van der Waals surface area (Å²) in [5.41, 5.74) is 1.53. The van der Waals surface area contributed by atoms with Crippen molar-refractivity contribution < 1.29 is 0 Å². The van der Waals surface area contributed by atoms with Gasteiger partial charge < -0.3 is 0 Å². The fraction of sp³-hybridized carbons (Fsp3) is 0.556. The van der Waals surface area contributed by atoms with Crippen molar-refractivity contribution in [1.82, 2.24) is 0 Å². The molecular formula is C9H13Br. The maximum absolute atomic E-state index is 3.42. The summed E-state index contributed by atoms with van der Waals surface area (Å²) in [6.07, 6.45) is 11.8. The Morgan fingerprint density at radius 2 is 2.30 bits per heavy atom. The van der Waals surface area contributed by atoms with Crippen LogP contribution in [0.2, 0.25) is 0 Å². The molecule has 0 saturated carbocycles. The maximum atomic E-state index is 3.42. The Bertz CT molecular complexity index is 145. The van der Waals surface area contributed by atoms with Crippen LogP contribution < -0.4 is 0 Å². The van der Waals surface area contributed by atoms with Crippen molar-refractivity contribution in [3.8, 4) is 0 Å². The zero-order chi connectivity index (χ0) is 7.23. The fourth-order valence-corrected chi connectivity index (χ4v) is 1.51. The van der Waals surface area contributed by atoms with Crippen LogP contribution in [-0.4, -0.2) is 5.33 Å². The lowest BCUT2D eigenvalue weighted by atomic mass is 10.1. The Hall–Kier alpha value is -0.0400. The molecule has 0 aromatic rings. The van der Waals surface area contributed by atoms with Crippen LogP contribution in [0.15, 0.2) is 23.8 Å². The highest BCUT2D eigenvalue weighted by Crippen LogP contribution is 2.15. The number of alkyl halides is 1. The maximum Gasteiger partial charge on any atom is 0.00314 e. The van der Waals surface area contributed by atoms with E-state index >= 15 is 0 Å². The number of unbranched alkanes of at least 4 members (excludes halogenated alkanes) is 1. The van der Waals surface area contributed by atoms with Crippen LogP contribution in [0.1, 0.15) is 25.7 Å². The summed E-state index contributed by atoms with van der Waals surface area (Å²) in [5, 5.41) is 1.14. The Morgan fingerprint density at radius 1 is 1.40 bits per heavy atom. The quantitative estimate of drug-likeness (QED) is 0.482. The van der Waals surface area contributed by atoms with Crippen molar-refractivity contribution >= 4 is 15.9 Å². The topological polar surface area (TPSA) is 0 Å². The van der Waals surface area contributed by atoms with Crippen molar-refractivity contribution in [2.75, 3.05) is 5.33 Å². The third-order valence-electron chi connectivity index (χ3n) is 1.70. The molecule has 1 heteroatoms. The molecule has 0 bridgehead atoms. The van der Waals surface area contributed by atoms with Gasteiger partial charge in [0.25, 0.3) is 0 Å². The van der Waals surface area contributed by atoms with Crippen molar-refractivity contribution in [2.24, 2.45) is 0 Å². The van der Waals surface area contributed by atoms with Gasteiger partial charge >= 0.3 is 0 Å². The second kappa shape index (κ2) is 4.73. The highest BCUT2D eigenvalue weighted by molar-refractivity contribution is 9.09. The van der Waals surface area contributed by atoms with Crippen LogP contribution in [0.3, 0.4) is 0 Å². The van der Waals surface area contributed by atoms with Crippen LogP contribution in [0.4, 0.5) is 0 Å². The minimum absolute atomic E-state index is 1.14. The Kier molecular flexibility index (Phi) is 3.81. The molecule has 0 spiro atoms. The number of hydrogen-bond donors (Lipinski definition) is 0. The van der Waals surface area contributed by atoms with E-state index in [1.165, 1.54) is 24.8 Å². The van der Waals surface area contributed by atoms with E-state index in [0.717, 1.165) is 11.8 Å². The molecule has 0 nitrogen and oxygen atoms in total. The summed E-state index contributed by atoms with van der Waals surface area (Å²) >= 11 is 3.42. The Morgan fingerprint density at radius 3 is 2.90 bits per heavy atom. The van der Waals surface area contributed by atoms with E-state index in [1.54, 1.807) is 0 Å². The van der Waals surface area contributed by atoms with Gasteiger partial charge in [0.05, 0.1) is 0 Å². The van der Waals surface area contributed by atoms with E-state index in [1.807, 2.05) is 0 Å². The number of halogens is 1. The van der Waals surface area contributed by atoms with Gasteiger partial charge in [-0.25, -0.2) is 0 Å². The average molecular weight is 201 g/mol. The van der Waals surface area contributed by atoms with Crippen LogP contribution >= 0.6 is 15.9 Å². The molecule has 0 aromatic carbocycles. The van der Waals surface area contributed by atoms with Crippen LogP contribution in [-0.2, 0) is 0 Å². The normalized spacial score (nSPS) is 15.9. The lowest BCUT2D eigenvalue weighted by molar-refractivity contribution is 0.809. The molecule has 56 valence electrons. The lowest BCUT2D eigenvalue weighted by Gasteiger charge is -1.96. The zero-order valence-electron chi connectivity index (χ0n) is 6.15. The molecule has 0 radical (unpaired) electrons. The molecule has 1 aliphatic rings. The molecule has 0 atom stereocenters. The van der Waals surface area contributed by atoms with E-state index in [4.69, 9.17) is 0 Å². The number of rotatable bonds is 4. The SMILES string of the molecule is BrCCCCC1=CCC=C1. The molecule has 0 N–H and O–H groups in total. The largest absolute Gasteiger partial charge is 0.0928 e. The fourth-order valence-electron chi connectivity index (χ4n) is 1.12. The minimum atomic E-state index is 1.14. The van der Waals surface area contributed by atoms with Gasteiger partial charge in [-0.3, -0.25) is 0 Å². The second-order valence-corrected chi connectivity index (χ2v) is 3.36. The van der Waals surface area contributed by atoms with Gasteiger partial charge in [-0.1, -0.05) is 39.7 Å². The average Bonchev–Trinajstić information content (AvgIpc) is 2.41. The Labute approximate surface area is 71.1 Å². The molecule has 0 fully saturated rings. The first-order valence-corrected chi connectivity index (χ1v) is 4.97. The van der Waals surface area contributed by atoms with Crippen LogP contribution in [0, 0.1) is 0 Å². The van der Waals surface area contributed by atoms with Crippen molar-refractivity contribution in [1.29, 1.82) is 0 Å². The first-order valence-electron chi connectivity index (χ1n) is 3.85. The smallest absolute Gasteiger partial charge is 0.00314 e. The van der Waals surface area contributed by atoms with E-state index in [0.29, 0.717) is 0 Å². The predicted octanol–water partition coefficient (Wildman–Crippen LogP) is 3.44. The Balaban J connectivity index is 2.08. The zero-order valence-corrected chi connectivity index (χ0v) is 7.73. The summed E-state index contributed by atoms with van der Waals surface area (Å²) in [7, 11) is 0. The molecular weight excluding hydrogens is 188 g/mol. The minimum Gasteiger partial charge on any atom is -0.0928 e. The molecule has 0 aromatic heterocycles. The highest BCUT2D eigenvalue weighted by Gasteiger charge is 1.95. The van der Waals surface area contributed by atoms with Gasteiger partial charge in [-0.05, 0) is 25.7 Å². The first kappa shape index (κ1) is 8.06. The number of hydrogen-bond acceptors (Lipinski definition) is 0. The predicted molar refractivity (Wildman–Crippen MR) is 49.5 cm³/mol. The van der Waals surface area contributed by atoms with E-state index in [2.05, 4.69) is 34.2 Å². The van der Waals surface area contributed by atoms with Gasteiger partial charge in [-0.2, -0.15) is 0 Å². The molecule has 10 heavy (non-hydrogen) atoms. The number of allylic oxidation sites excluding steroid dienone is 4. The van der Waals surface area contributed by atoms with Gasteiger partial charge in [-0.15, -0.1) is 0 Å². The summed E-state index contributed by atoms with van der Waals surface area (Å²) in [4.78, 5) is 0. The van der Waals surface area contributed by atoms with Gasteiger partial charge in [0.15, 0.2) is 0 Å². The molecule has 0 unspecified atom stereocenters. The molecule has 1 rings (SSSR count). The van der Waals surface area contributed by atoms with Crippen molar-refractivity contribution in [2.45, 2.75) is 25.7 Å². The van der Waals surface area contributed by atoms with Gasteiger partial charge in [0.1, 0.15) is 0 Å². The van der Waals surface area contributed by atoms with Gasteiger partial charge in [0.2, 0.25) is 0 Å². The van der Waals surface area contributed by atoms with Crippen LogP contribution in [0.5, 0.6) is 0 Å². The molecule has 0 aliphatic heterocycles. The van der Waals surface area contributed by atoms with Crippen molar-refractivity contribution in [3.05, 3.63) is 23.8 Å². The van der Waals surface area contributed by atoms with Gasteiger partial charge in [0, 0.05) is 5.33 Å². The van der Waals surface area contributed by atoms with Crippen molar-refractivity contribution in [3.63, 3.8) is 0 Å². The molecule has 0 heterocycles. The summed E-state index contributed by atoms with van der Waals surface area (Å²) in [6, 6.07) is 0. The highest BCUT2D eigenvalue weighted by atomic mass is 79.9. The van der Waals surface area contributed by atoms with Crippen LogP contribution in [0.25, 0.3) is 0 Å². The third kappa shape index (κ3) is 2.70. The summed E-state index contributed by atoms with van der Waals surface area (Å²) in [6.45, 7) is 0. The standard InChI is InChI=1S/C9H13Br/c10-8-4-3-7-9-5-1-2-6-9/h1,5-6H,2-4,7-8H2. The van der Waals surface area contributed by atoms with E-state index < -0.39 is 0 Å². The monoisotopic (exact) mass is 200 g/mol.